The molecule has 1 fully saturated rings. The number of aromatic nitrogens is 4. The van der Waals surface area contributed by atoms with Crippen LogP contribution in [0.2, 0.25) is 0 Å². The Hall–Kier alpha value is -2.72. The third-order valence-electron chi connectivity index (χ3n) is 5.46. The van der Waals surface area contributed by atoms with Gasteiger partial charge in [0.2, 0.25) is 5.95 Å². The minimum absolute atomic E-state index is 0.101. The summed E-state index contributed by atoms with van der Waals surface area (Å²) in [5, 5.41) is 15.4. The van der Waals surface area contributed by atoms with Crippen molar-refractivity contribution in [1.29, 1.82) is 0 Å². The van der Waals surface area contributed by atoms with Crippen molar-refractivity contribution in [1.82, 2.24) is 24.5 Å². The number of alkyl halides is 3. The molecule has 0 radical (unpaired) electrons. The summed E-state index contributed by atoms with van der Waals surface area (Å²) in [6, 6.07) is 9.32. The average Bonchev–Trinajstić information content (AvgIpc) is 3.12. The summed E-state index contributed by atoms with van der Waals surface area (Å²) in [5.74, 6) is 0.255. The number of nitrogen functional groups attached to an aromatic ring is 1. The molecule has 166 valence electrons. The fourth-order valence-corrected chi connectivity index (χ4v) is 4.18. The Labute approximate surface area is 177 Å². The van der Waals surface area contributed by atoms with Crippen molar-refractivity contribution in [2.75, 3.05) is 25.4 Å². The van der Waals surface area contributed by atoms with Gasteiger partial charge in [-0.15, -0.1) is 5.10 Å². The van der Waals surface area contributed by atoms with Crippen LogP contribution in [0.4, 0.5) is 19.1 Å². The molecular formula is C21H25F3N6O. The second kappa shape index (κ2) is 7.76. The first-order chi connectivity index (χ1) is 14.5. The molecule has 3 heterocycles. The first-order valence-corrected chi connectivity index (χ1v) is 10.2. The summed E-state index contributed by atoms with van der Waals surface area (Å²) < 4.78 is 39.9. The van der Waals surface area contributed by atoms with Crippen molar-refractivity contribution >= 4 is 11.6 Å². The first kappa shape index (κ1) is 21.5. The minimum atomic E-state index is -4.25. The molecule has 1 atom stereocenters. The molecule has 10 heteroatoms. The van der Waals surface area contributed by atoms with Crippen LogP contribution in [-0.2, 0) is 5.60 Å². The van der Waals surface area contributed by atoms with Gasteiger partial charge in [-0.3, -0.25) is 4.90 Å². The lowest BCUT2D eigenvalue weighted by Gasteiger charge is -2.31. The number of piperidine rings is 1. The van der Waals surface area contributed by atoms with Gasteiger partial charge in [-0.05, 0) is 33.2 Å². The van der Waals surface area contributed by atoms with E-state index in [1.807, 2.05) is 30.3 Å². The molecule has 4 rings (SSSR count). The van der Waals surface area contributed by atoms with Gasteiger partial charge in [0.25, 0.3) is 0 Å². The van der Waals surface area contributed by atoms with Crippen molar-refractivity contribution in [3.05, 3.63) is 41.7 Å². The predicted molar refractivity (Wildman–Crippen MR) is 110 cm³/mol. The van der Waals surface area contributed by atoms with Gasteiger partial charge in [0, 0.05) is 18.0 Å². The van der Waals surface area contributed by atoms with E-state index in [-0.39, 0.29) is 18.4 Å². The maximum absolute atomic E-state index is 12.9. The quantitative estimate of drug-likeness (QED) is 0.654. The smallest absolute Gasteiger partial charge is 0.386 e. The van der Waals surface area contributed by atoms with Crippen LogP contribution >= 0.6 is 0 Å². The van der Waals surface area contributed by atoms with Crippen LogP contribution in [-0.4, -0.2) is 55.4 Å². The van der Waals surface area contributed by atoms with Gasteiger partial charge in [-0.1, -0.05) is 30.3 Å². The number of anilines is 1. The molecule has 0 saturated carbocycles. The van der Waals surface area contributed by atoms with Gasteiger partial charge in [0.15, 0.2) is 11.5 Å². The average molecular weight is 434 g/mol. The molecule has 0 amide bonds. The molecule has 31 heavy (non-hydrogen) atoms. The monoisotopic (exact) mass is 434 g/mol. The molecule has 1 aliphatic rings. The van der Waals surface area contributed by atoms with Crippen molar-refractivity contribution < 1.29 is 18.3 Å². The topological polar surface area (TPSA) is 92.6 Å². The number of rotatable bonds is 4. The van der Waals surface area contributed by atoms with E-state index in [9.17, 15) is 18.3 Å². The molecule has 1 aromatic carbocycles. The van der Waals surface area contributed by atoms with Crippen molar-refractivity contribution in [3.63, 3.8) is 0 Å². The normalized spacial score (nSPS) is 18.6. The standard InChI is InChI=1S/C21H25F3N6O/c1-20(2,31)15-16(13-7-4-3-5-8-13)26-19(25)30-18(15)27-17(28-30)14-9-6-10-29(11-14)12-21(22,23)24/h3-5,7-8,14,31H,6,9-12H2,1-2H3,(H2,25,26). The number of fused-ring (bicyclic) bond motifs is 1. The zero-order valence-electron chi connectivity index (χ0n) is 17.4. The highest BCUT2D eigenvalue weighted by Gasteiger charge is 2.35. The summed E-state index contributed by atoms with van der Waals surface area (Å²) in [6.45, 7) is 2.92. The van der Waals surface area contributed by atoms with Crippen LogP contribution in [0.15, 0.2) is 30.3 Å². The lowest BCUT2D eigenvalue weighted by molar-refractivity contribution is -0.148. The minimum Gasteiger partial charge on any atom is -0.386 e. The largest absolute Gasteiger partial charge is 0.401 e. The van der Waals surface area contributed by atoms with E-state index in [4.69, 9.17) is 5.73 Å². The van der Waals surface area contributed by atoms with Crippen LogP contribution in [0.1, 0.15) is 44.0 Å². The third kappa shape index (κ3) is 4.49. The van der Waals surface area contributed by atoms with E-state index in [1.165, 1.54) is 9.42 Å². The van der Waals surface area contributed by atoms with E-state index >= 15 is 0 Å². The molecule has 3 aromatic rings. The van der Waals surface area contributed by atoms with Crippen LogP contribution in [0, 0.1) is 0 Å². The number of aliphatic hydroxyl groups is 1. The van der Waals surface area contributed by atoms with E-state index < -0.39 is 18.3 Å². The Bertz CT molecular complexity index is 1070. The molecule has 1 saturated heterocycles. The van der Waals surface area contributed by atoms with Crippen LogP contribution in [0.25, 0.3) is 16.9 Å². The highest BCUT2D eigenvalue weighted by Crippen LogP contribution is 2.35. The third-order valence-corrected chi connectivity index (χ3v) is 5.46. The molecule has 1 aliphatic heterocycles. The molecule has 0 bridgehead atoms. The second-order valence-corrected chi connectivity index (χ2v) is 8.51. The molecule has 0 spiro atoms. The first-order valence-electron chi connectivity index (χ1n) is 10.2. The van der Waals surface area contributed by atoms with Gasteiger partial charge in [-0.2, -0.15) is 17.7 Å². The highest BCUT2D eigenvalue weighted by atomic mass is 19.4. The summed E-state index contributed by atoms with van der Waals surface area (Å²) >= 11 is 0. The molecule has 0 aliphatic carbocycles. The van der Waals surface area contributed by atoms with Gasteiger partial charge < -0.3 is 10.8 Å². The number of nitrogens with two attached hydrogens (primary N) is 1. The maximum Gasteiger partial charge on any atom is 0.401 e. The molecule has 2 aromatic heterocycles. The van der Waals surface area contributed by atoms with E-state index in [1.54, 1.807) is 13.8 Å². The lowest BCUT2D eigenvalue weighted by Crippen LogP contribution is -2.40. The van der Waals surface area contributed by atoms with Gasteiger partial charge >= 0.3 is 6.18 Å². The Kier molecular flexibility index (Phi) is 5.38. The van der Waals surface area contributed by atoms with Gasteiger partial charge in [0.1, 0.15) is 0 Å². The zero-order valence-corrected chi connectivity index (χ0v) is 17.4. The fraction of sp³-hybridized carbons (Fsp3) is 0.476. The zero-order chi connectivity index (χ0) is 22.4. The number of hydrogen-bond donors (Lipinski definition) is 2. The lowest BCUT2D eigenvalue weighted by atomic mass is 9.94. The van der Waals surface area contributed by atoms with Gasteiger partial charge in [-0.25, -0.2) is 9.97 Å². The molecule has 3 N–H and O–H groups in total. The Morgan fingerprint density at radius 3 is 2.52 bits per heavy atom. The molecular weight excluding hydrogens is 409 g/mol. The van der Waals surface area contributed by atoms with Gasteiger partial charge in [0.05, 0.1) is 23.4 Å². The summed E-state index contributed by atoms with van der Waals surface area (Å²) in [4.78, 5) is 10.5. The van der Waals surface area contributed by atoms with Crippen LogP contribution in [0.3, 0.4) is 0 Å². The van der Waals surface area contributed by atoms with E-state index in [2.05, 4.69) is 15.1 Å². The summed E-state index contributed by atoms with van der Waals surface area (Å²) in [6.07, 6.45) is -2.94. The van der Waals surface area contributed by atoms with Crippen molar-refractivity contribution in [2.45, 2.75) is 44.4 Å². The number of benzene rings is 1. The molecule has 1 unspecified atom stereocenters. The van der Waals surface area contributed by atoms with Crippen molar-refractivity contribution in [3.8, 4) is 11.3 Å². The van der Waals surface area contributed by atoms with E-state index in [0.717, 1.165) is 5.56 Å². The molecule has 7 nitrogen and oxygen atoms in total. The summed E-state index contributed by atoms with van der Waals surface area (Å²) in [7, 11) is 0. The van der Waals surface area contributed by atoms with Crippen LogP contribution < -0.4 is 5.73 Å². The fourth-order valence-electron chi connectivity index (χ4n) is 4.18. The predicted octanol–water partition coefficient (Wildman–Crippen LogP) is 3.34. The summed E-state index contributed by atoms with van der Waals surface area (Å²) in [5.41, 5.74) is 6.97. The number of likely N-dealkylation sites (tertiary alicyclic amines) is 1. The van der Waals surface area contributed by atoms with E-state index in [0.29, 0.717) is 42.1 Å². The van der Waals surface area contributed by atoms with Crippen LogP contribution in [0.5, 0.6) is 0 Å². The Balaban J connectivity index is 1.79. The van der Waals surface area contributed by atoms with Crippen molar-refractivity contribution in [2.24, 2.45) is 0 Å². The Morgan fingerprint density at radius 2 is 1.87 bits per heavy atom. The number of halogens is 3. The SMILES string of the molecule is CC(C)(O)c1c(-c2ccccc2)nc(N)n2nc(C3CCCN(CC(F)(F)F)C3)nc12. The number of hydrogen-bond acceptors (Lipinski definition) is 6. The second-order valence-electron chi connectivity index (χ2n) is 8.51. The maximum atomic E-state index is 12.9. The number of nitrogens with zero attached hydrogens (tertiary/aromatic N) is 5. The Morgan fingerprint density at radius 1 is 1.16 bits per heavy atom. The highest BCUT2D eigenvalue weighted by molar-refractivity contribution is 5.73.